The molecule has 172 valence electrons. The standard InChI is InChI=1S/C23H19F3N2O5/c24-23(25,26)15-4-3-5-16(12-15)27-8-10-28(11-9-27)21(30)14-32-22(31)20-13-18(29)17-6-1-2-7-19(17)33-20/h1-7,12-13H,8-11,14H2. The smallest absolute Gasteiger partial charge is 0.416 e. The van der Waals surface area contributed by atoms with E-state index in [1.165, 1.54) is 11.0 Å². The first-order valence-electron chi connectivity index (χ1n) is 10.1. The number of fused-ring (bicyclic) bond motifs is 1. The first-order chi connectivity index (χ1) is 15.7. The highest BCUT2D eigenvalue weighted by Gasteiger charge is 2.31. The average molecular weight is 460 g/mol. The molecule has 0 N–H and O–H groups in total. The molecule has 2 heterocycles. The highest BCUT2D eigenvalue weighted by molar-refractivity contribution is 5.90. The molecule has 1 amide bonds. The molecule has 7 nitrogen and oxygen atoms in total. The zero-order valence-electron chi connectivity index (χ0n) is 17.3. The number of carbonyl (C=O) groups excluding carboxylic acids is 2. The maximum atomic E-state index is 12.9. The number of esters is 1. The molecule has 0 unspecified atom stereocenters. The van der Waals surface area contributed by atoms with E-state index in [-0.39, 0.29) is 24.4 Å². The van der Waals surface area contributed by atoms with E-state index >= 15 is 0 Å². The molecule has 3 aromatic rings. The topological polar surface area (TPSA) is 80.1 Å². The number of alkyl halides is 3. The van der Waals surface area contributed by atoms with Gasteiger partial charge < -0.3 is 19.0 Å². The molecule has 1 aromatic heterocycles. The SMILES string of the molecule is O=C(OCC(=O)N1CCN(c2cccc(C(F)(F)F)c2)CC1)c1cc(=O)c2ccccc2o1. The Morgan fingerprint density at radius 1 is 0.970 bits per heavy atom. The van der Waals surface area contributed by atoms with Crippen molar-refractivity contribution in [3.63, 3.8) is 0 Å². The molecule has 1 saturated heterocycles. The number of anilines is 1. The highest BCUT2D eigenvalue weighted by atomic mass is 19.4. The van der Waals surface area contributed by atoms with Gasteiger partial charge in [0.25, 0.3) is 5.91 Å². The molecule has 1 aliphatic heterocycles. The maximum absolute atomic E-state index is 12.9. The Morgan fingerprint density at radius 2 is 1.70 bits per heavy atom. The Kier molecular flexibility index (Phi) is 6.08. The first-order valence-corrected chi connectivity index (χ1v) is 10.1. The second kappa shape index (κ2) is 8.97. The van der Waals surface area contributed by atoms with Crippen LogP contribution in [0.25, 0.3) is 11.0 Å². The van der Waals surface area contributed by atoms with Gasteiger partial charge in [-0.25, -0.2) is 4.79 Å². The molecule has 0 atom stereocenters. The number of halogens is 3. The van der Waals surface area contributed by atoms with Crippen molar-refractivity contribution in [1.82, 2.24) is 4.90 Å². The third-order valence-corrected chi connectivity index (χ3v) is 5.33. The summed E-state index contributed by atoms with van der Waals surface area (Å²) in [6, 6.07) is 12.5. The van der Waals surface area contributed by atoms with E-state index in [4.69, 9.17) is 9.15 Å². The van der Waals surface area contributed by atoms with Crippen LogP contribution in [0.15, 0.2) is 63.8 Å². The predicted octanol–water partition coefficient (Wildman–Crippen LogP) is 3.32. The second-order valence-corrected chi connectivity index (χ2v) is 7.46. The second-order valence-electron chi connectivity index (χ2n) is 7.46. The summed E-state index contributed by atoms with van der Waals surface area (Å²) in [7, 11) is 0. The molecule has 10 heteroatoms. The van der Waals surface area contributed by atoms with E-state index < -0.39 is 35.7 Å². The zero-order chi connectivity index (χ0) is 23.6. The molecular weight excluding hydrogens is 441 g/mol. The monoisotopic (exact) mass is 460 g/mol. The lowest BCUT2D eigenvalue weighted by Crippen LogP contribution is -2.50. The van der Waals surface area contributed by atoms with Crippen molar-refractivity contribution < 1.29 is 31.9 Å². The van der Waals surface area contributed by atoms with Crippen LogP contribution in [-0.2, 0) is 15.7 Å². The molecule has 33 heavy (non-hydrogen) atoms. The van der Waals surface area contributed by atoms with Crippen molar-refractivity contribution in [3.8, 4) is 0 Å². The van der Waals surface area contributed by atoms with Gasteiger partial charge in [0.1, 0.15) is 5.58 Å². The van der Waals surface area contributed by atoms with Crippen molar-refractivity contribution >= 4 is 28.5 Å². The minimum absolute atomic E-state index is 0.231. The van der Waals surface area contributed by atoms with Crippen LogP contribution in [0.3, 0.4) is 0 Å². The average Bonchev–Trinajstić information content (AvgIpc) is 2.82. The molecule has 0 bridgehead atoms. The number of nitrogens with zero attached hydrogens (tertiary/aromatic N) is 2. The van der Waals surface area contributed by atoms with Crippen LogP contribution in [-0.4, -0.2) is 49.6 Å². The van der Waals surface area contributed by atoms with E-state index in [1.54, 1.807) is 35.2 Å². The maximum Gasteiger partial charge on any atom is 0.416 e. The normalized spacial score (nSPS) is 14.4. The number of rotatable bonds is 4. The van der Waals surface area contributed by atoms with E-state index in [1.807, 2.05) is 0 Å². The van der Waals surface area contributed by atoms with E-state index in [9.17, 15) is 27.6 Å². The van der Waals surface area contributed by atoms with Crippen molar-refractivity contribution in [2.75, 3.05) is 37.7 Å². The number of hydrogen-bond donors (Lipinski definition) is 0. The summed E-state index contributed by atoms with van der Waals surface area (Å²) in [6.07, 6.45) is -4.43. The lowest BCUT2D eigenvalue weighted by Gasteiger charge is -2.36. The van der Waals surface area contributed by atoms with Crippen LogP contribution in [0.1, 0.15) is 16.1 Å². The van der Waals surface area contributed by atoms with Crippen LogP contribution < -0.4 is 10.3 Å². The molecular formula is C23H19F3N2O5. The summed E-state index contributed by atoms with van der Waals surface area (Å²) in [4.78, 5) is 40.0. The number of hydrogen-bond acceptors (Lipinski definition) is 6. The molecule has 0 radical (unpaired) electrons. The largest absolute Gasteiger partial charge is 0.450 e. The number of carbonyl (C=O) groups is 2. The summed E-state index contributed by atoms with van der Waals surface area (Å²) in [6.45, 7) is 0.648. The Hall–Kier alpha value is -3.82. The third-order valence-electron chi connectivity index (χ3n) is 5.33. The van der Waals surface area contributed by atoms with Crippen LogP contribution in [0.5, 0.6) is 0 Å². The van der Waals surface area contributed by atoms with Crippen LogP contribution in [0, 0.1) is 0 Å². The molecule has 1 aliphatic rings. The van der Waals surface area contributed by atoms with Gasteiger partial charge in [-0.2, -0.15) is 13.2 Å². The van der Waals surface area contributed by atoms with E-state index in [0.717, 1.165) is 18.2 Å². The van der Waals surface area contributed by atoms with Crippen LogP contribution in [0.2, 0.25) is 0 Å². The molecule has 0 aliphatic carbocycles. The van der Waals surface area contributed by atoms with Crippen molar-refractivity contribution in [3.05, 3.63) is 76.1 Å². The Labute approximate surface area is 186 Å². The van der Waals surface area contributed by atoms with Crippen LogP contribution >= 0.6 is 0 Å². The van der Waals surface area contributed by atoms with Gasteiger partial charge in [-0.05, 0) is 30.3 Å². The van der Waals surface area contributed by atoms with E-state index in [0.29, 0.717) is 24.2 Å². The number of piperazine rings is 1. The van der Waals surface area contributed by atoms with Crippen LogP contribution in [0.4, 0.5) is 18.9 Å². The molecule has 0 spiro atoms. The lowest BCUT2D eigenvalue weighted by molar-refractivity contribution is -0.137. The number of benzene rings is 2. The lowest BCUT2D eigenvalue weighted by atomic mass is 10.1. The van der Waals surface area contributed by atoms with Gasteiger partial charge in [0.15, 0.2) is 12.0 Å². The fraction of sp³-hybridized carbons (Fsp3) is 0.261. The Bertz CT molecular complexity index is 1250. The van der Waals surface area contributed by atoms with Gasteiger partial charge in [-0.3, -0.25) is 9.59 Å². The number of amides is 1. The van der Waals surface area contributed by atoms with Gasteiger partial charge >= 0.3 is 12.1 Å². The minimum atomic E-state index is -4.43. The minimum Gasteiger partial charge on any atom is -0.450 e. The quantitative estimate of drug-likeness (QED) is 0.556. The fourth-order valence-electron chi connectivity index (χ4n) is 3.59. The highest BCUT2D eigenvalue weighted by Crippen LogP contribution is 2.31. The van der Waals surface area contributed by atoms with Gasteiger partial charge in [0.05, 0.1) is 10.9 Å². The fourth-order valence-corrected chi connectivity index (χ4v) is 3.59. The van der Waals surface area contributed by atoms with Crippen molar-refractivity contribution in [2.24, 2.45) is 0 Å². The summed E-state index contributed by atoms with van der Waals surface area (Å²) in [5.41, 5.74) is -0.477. The molecule has 1 fully saturated rings. The Morgan fingerprint density at radius 3 is 2.42 bits per heavy atom. The first kappa shape index (κ1) is 22.4. The predicted molar refractivity (Wildman–Crippen MR) is 113 cm³/mol. The summed E-state index contributed by atoms with van der Waals surface area (Å²) < 4.78 is 49.2. The van der Waals surface area contributed by atoms with Crippen molar-refractivity contribution in [1.29, 1.82) is 0 Å². The molecule has 0 saturated carbocycles. The van der Waals surface area contributed by atoms with E-state index in [2.05, 4.69) is 0 Å². The van der Waals surface area contributed by atoms with Crippen molar-refractivity contribution in [2.45, 2.75) is 6.18 Å². The number of ether oxygens (including phenoxy) is 1. The molecule has 2 aromatic carbocycles. The number of para-hydroxylation sites is 1. The van der Waals surface area contributed by atoms with Gasteiger partial charge in [-0.1, -0.05) is 18.2 Å². The Balaban J connectivity index is 1.33. The zero-order valence-corrected chi connectivity index (χ0v) is 17.3. The van der Waals surface area contributed by atoms with Gasteiger partial charge in [-0.15, -0.1) is 0 Å². The summed E-state index contributed by atoms with van der Waals surface area (Å²) >= 11 is 0. The third kappa shape index (κ3) is 5.00. The summed E-state index contributed by atoms with van der Waals surface area (Å²) in [5, 5.41) is 0.323. The van der Waals surface area contributed by atoms with Gasteiger partial charge in [0, 0.05) is 37.9 Å². The van der Waals surface area contributed by atoms with Gasteiger partial charge in [0.2, 0.25) is 5.76 Å². The molecule has 4 rings (SSSR count). The summed E-state index contributed by atoms with van der Waals surface area (Å²) in [5.74, 6) is -1.69.